The molecule has 0 unspecified atom stereocenters. The highest BCUT2D eigenvalue weighted by Gasteiger charge is 2.13. The maximum atomic E-state index is 13.1. The smallest absolute Gasteiger partial charge is 0.253 e. The zero-order valence-corrected chi connectivity index (χ0v) is 16.8. The van der Waals surface area contributed by atoms with E-state index in [1.165, 1.54) is 35.2 Å². The van der Waals surface area contributed by atoms with Gasteiger partial charge in [-0.2, -0.15) is 0 Å². The molecular formula is C24H27FN2O. The second-order valence-corrected chi connectivity index (χ2v) is 7.10. The van der Waals surface area contributed by atoms with Crippen LogP contribution < -0.4 is 0 Å². The van der Waals surface area contributed by atoms with Gasteiger partial charge in [0.25, 0.3) is 5.91 Å². The van der Waals surface area contributed by atoms with Crippen LogP contribution in [-0.2, 0) is 13.1 Å². The number of carbonyl (C=O) groups is 1. The van der Waals surface area contributed by atoms with Crippen LogP contribution in [0.1, 0.15) is 35.3 Å². The van der Waals surface area contributed by atoms with Gasteiger partial charge in [0.1, 0.15) is 5.82 Å². The Morgan fingerprint density at radius 3 is 2.32 bits per heavy atom. The molecular weight excluding hydrogens is 351 g/mol. The van der Waals surface area contributed by atoms with Crippen LogP contribution in [0.5, 0.6) is 0 Å². The van der Waals surface area contributed by atoms with Crippen molar-refractivity contribution in [1.29, 1.82) is 0 Å². The molecule has 3 aromatic rings. The summed E-state index contributed by atoms with van der Waals surface area (Å²) in [6.45, 7) is 7.86. The average Bonchev–Trinajstić information content (AvgIpc) is 2.72. The molecule has 3 rings (SSSR count). The first-order chi connectivity index (χ1) is 13.5. The first kappa shape index (κ1) is 20.0. The zero-order valence-electron chi connectivity index (χ0n) is 16.8. The molecule has 0 saturated heterocycles. The Balaban J connectivity index is 1.80. The lowest BCUT2D eigenvalue weighted by Crippen LogP contribution is -2.26. The summed E-state index contributed by atoms with van der Waals surface area (Å²) >= 11 is 0. The fraction of sp³-hybridized carbons (Fsp3) is 0.292. The maximum Gasteiger partial charge on any atom is 0.253 e. The van der Waals surface area contributed by atoms with Crippen molar-refractivity contribution >= 4 is 16.7 Å². The highest BCUT2D eigenvalue weighted by atomic mass is 19.1. The fourth-order valence-corrected chi connectivity index (χ4v) is 3.48. The fourth-order valence-electron chi connectivity index (χ4n) is 3.48. The van der Waals surface area contributed by atoms with Gasteiger partial charge in [0, 0.05) is 25.7 Å². The molecule has 0 aliphatic carbocycles. The third-order valence-electron chi connectivity index (χ3n) is 5.18. The number of carbonyl (C=O) groups excluding carboxylic acids is 1. The van der Waals surface area contributed by atoms with Gasteiger partial charge in [-0.1, -0.05) is 44.2 Å². The predicted molar refractivity (Wildman–Crippen MR) is 113 cm³/mol. The maximum absolute atomic E-state index is 13.1. The van der Waals surface area contributed by atoms with Gasteiger partial charge in [0.05, 0.1) is 0 Å². The molecule has 0 bridgehead atoms. The van der Waals surface area contributed by atoms with Crippen molar-refractivity contribution in [3.63, 3.8) is 0 Å². The lowest BCUT2D eigenvalue weighted by Gasteiger charge is -2.20. The van der Waals surface area contributed by atoms with Crippen molar-refractivity contribution in [3.05, 3.63) is 83.2 Å². The highest BCUT2D eigenvalue weighted by molar-refractivity contribution is 5.94. The molecule has 146 valence electrons. The summed E-state index contributed by atoms with van der Waals surface area (Å²) in [5.41, 5.74) is 2.89. The van der Waals surface area contributed by atoms with E-state index in [0.717, 1.165) is 30.6 Å². The van der Waals surface area contributed by atoms with E-state index in [2.05, 4.69) is 49.1 Å². The molecule has 0 atom stereocenters. The first-order valence-corrected chi connectivity index (χ1v) is 9.75. The van der Waals surface area contributed by atoms with Crippen LogP contribution in [0, 0.1) is 5.82 Å². The van der Waals surface area contributed by atoms with Gasteiger partial charge in [-0.25, -0.2) is 4.39 Å². The Bertz CT molecular complexity index is 948. The van der Waals surface area contributed by atoms with E-state index >= 15 is 0 Å². The van der Waals surface area contributed by atoms with E-state index in [0.29, 0.717) is 12.1 Å². The number of fused-ring (bicyclic) bond motifs is 1. The number of amides is 1. The van der Waals surface area contributed by atoms with E-state index in [1.807, 2.05) is 6.07 Å². The van der Waals surface area contributed by atoms with Gasteiger partial charge in [-0.3, -0.25) is 9.69 Å². The standard InChI is InChI=1S/C24H27FN2O/c1-4-27(5-2)16-18-9-14-23-20(15-18)7-6-8-21(23)17-26(3)24(28)19-10-12-22(25)13-11-19/h6-15H,4-5,16-17H2,1-3H3. The molecule has 0 saturated carbocycles. The second-order valence-electron chi connectivity index (χ2n) is 7.10. The van der Waals surface area contributed by atoms with Crippen molar-refractivity contribution in [1.82, 2.24) is 9.80 Å². The number of rotatable bonds is 7. The van der Waals surface area contributed by atoms with Crippen LogP contribution in [0.15, 0.2) is 60.7 Å². The Labute approximate surface area is 166 Å². The Kier molecular flexibility index (Phi) is 6.42. The van der Waals surface area contributed by atoms with Crippen LogP contribution in [-0.4, -0.2) is 35.8 Å². The van der Waals surface area contributed by atoms with Crippen LogP contribution in [0.3, 0.4) is 0 Å². The van der Waals surface area contributed by atoms with Crippen molar-refractivity contribution in [2.24, 2.45) is 0 Å². The minimum Gasteiger partial charge on any atom is -0.337 e. The monoisotopic (exact) mass is 378 g/mol. The summed E-state index contributed by atoms with van der Waals surface area (Å²) in [4.78, 5) is 16.7. The summed E-state index contributed by atoms with van der Waals surface area (Å²) < 4.78 is 13.1. The van der Waals surface area contributed by atoms with E-state index < -0.39 is 0 Å². The van der Waals surface area contributed by atoms with Gasteiger partial charge in [-0.05, 0) is 65.3 Å². The third-order valence-corrected chi connectivity index (χ3v) is 5.18. The topological polar surface area (TPSA) is 23.6 Å². The molecule has 0 radical (unpaired) electrons. The molecule has 0 fully saturated rings. The lowest BCUT2D eigenvalue weighted by atomic mass is 10.0. The van der Waals surface area contributed by atoms with Crippen molar-refractivity contribution in [2.45, 2.75) is 26.9 Å². The Morgan fingerprint density at radius 2 is 1.64 bits per heavy atom. The van der Waals surface area contributed by atoms with Gasteiger partial charge in [0.15, 0.2) is 0 Å². The van der Waals surface area contributed by atoms with Crippen LogP contribution in [0.2, 0.25) is 0 Å². The van der Waals surface area contributed by atoms with Crippen molar-refractivity contribution < 1.29 is 9.18 Å². The largest absolute Gasteiger partial charge is 0.337 e. The molecule has 1 amide bonds. The van der Waals surface area contributed by atoms with Gasteiger partial charge in [0.2, 0.25) is 0 Å². The summed E-state index contributed by atoms with van der Waals surface area (Å²) in [6.07, 6.45) is 0. The molecule has 0 aliphatic heterocycles. The summed E-state index contributed by atoms with van der Waals surface area (Å²) in [6, 6.07) is 18.5. The molecule has 0 aliphatic rings. The minimum atomic E-state index is -0.339. The first-order valence-electron chi connectivity index (χ1n) is 9.75. The Hall–Kier alpha value is -2.72. The Morgan fingerprint density at radius 1 is 0.929 bits per heavy atom. The van der Waals surface area contributed by atoms with Gasteiger partial charge >= 0.3 is 0 Å². The van der Waals surface area contributed by atoms with Crippen molar-refractivity contribution in [3.8, 4) is 0 Å². The van der Waals surface area contributed by atoms with Crippen molar-refractivity contribution in [2.75, 3.05) is 20.1 Å². The second kappa shape index (κ2) is 8.98. The lowest BCUT2D eigenvalue weighted by molar-refractivity contribution is 0.0785. The van der Waals surface area contributed by atoms with E-state index in [-0.39, 0.29) is 11.7 Å². The molecule has 3 nitrogen and oxygen atoms in total. The number of nitrogens with zero attached hydrogens (tertiary/aromatic N) is 2. The van der Waals surface area contributed by atoms with Gasteiger partial charge < -0.3 is 4.90 Å². The average molecular weight is 378 g/mol. The number of hydrogen-bond acceptors (Lipinski definition) is 2. The van der Waals surface area contributed by atoms with Crippen LogP contribution >= 0.6 is 0 Å². The number of benzene rings is 3. The normalized spacial score (nSPS) is 11.2. The zero-order chi connectivity index (χ0) is 20.1. The molecule has 0 heterocycles. The van der Waals surface area contributed by atoms with Crippen LogP contribution in [0.4, 0.5) is 4.39 Å². The molecule has 0 spiro atoms. The highest BCUT2D eigenvalue weighted by Crippen LogP contribution is 2.23. The molecule has 3 aromatic carbocycles. The molecule has 0 N–H and O–H groups in total. The summed E-state index contributed by atoms with van der Waals surface area (Å²) in [5.74, 6) is -0.455. The minimum absolute atomic E-state index is 0.116. The van der Waals surface area contributed by atoms with Gasteiger partial charge in [-0.15, -0.1) is 0 Å². The molecule has 0 aromatic heterocycles. The van der Waals surface area contributed by atoms with E-state index in [4.69, 9.17) is 0 Å². The third kappa shape index (κ3) is 4.57. The molecule has 4 heteroatoms. The van der Waals surface area contributed by atoms with E-state index in [9.17, 15) is 9.18 Å². The number of halogens is 1. The predicted octanol–water partition coefficient (Wildman–Crippen LogP) is 5.09. The summed E-state index contributed by atoms with van der Waals surface area (Å²) in [5, 5.41) is 2.34. The van der Waals surface area contributed by atoms with Crippen LogP contribution in [0.25, 0.3) is 10.8 Å². The van der Waals surface area contributed by atoms with E-state index in [1.54, 1.807) is 11.9 Å². The summed E-state index contributed by atoms with van der Waals surface area (Å²) in [7, 11) is 1.78. The molecule has 28 heavy (non-hydrogen) atoms. The SMILES string of the molecule is CCN(CC)Cc1ccc2c(CN(C)C(=O)c3ccc(F)cc3)cccc2c1. The number of hydrogen-bond donors (Lipinski definition) is 0. The quantitative estimate of drug-likeness (QED) is 0.571.